The summed E-state index contributed by atoms with van der Waals surface area (Å²) in [5, 5.41) is 3.06. The third-order valence-corrected chi connectivity index (χ3v) is 3.89. The molecular weight excluding hydrogens is 249 g/mol. The lowest BCUT2D eigenvalue weighted by Crippen LogP contribution is -2.04. The molecule has 1 aromatic carbocycles. The highest BCUT2D eigenvalue weighted by atomic mass is 31.2. The zero-order valence-corrected chi connectivity index (χ0v) is 11.7. The Labute approximate surface area is 109 Å². The Bertz CT molecular complexity index is 396. The molecule has 100 valence electrons. The lowest BCUT2D eigenvalue weighted by molar-refractivity contribution is 0.229. The second kappa shape index (κ2) is 8.09. The van der Waals surface area contributed by atoms with Gasteiger partial charge in [-0.25, -0.2) is 0 Å². The lowest BCUT2D eigenvalue weighted by Gasteiger charge is -2.12. The van der Waals surface area contributed by atoms with Gasteiger partial charge in [-0.1, -0.05) is 30.3 Å². The normalized spacial score (nSPS) is 11.9. The van der Waals surface area contributed by atoms with Crippen LogP contribution in [-0.4, -0.2) is 13.2 Å². The van der Waals surface area contributed by atoms with Crippen molar-refractivity contribution in [2.45, 2.75) is 20.4 Å². The molecule has 4 nitrogen and oxygen atoms in total. The molecule has 0 aliphatic rings. The van der Waals surface area contributed by atoms with Crippen LogP contribution in [0.3, 0.4) is 0 Å². The van der Waals surface area contributed by atoms with Gasteiger partial charge in [-0.05, 0) is 19.4 Å². The number of nitrogens with one attached hydrogen (secondary N) is 1. The number of benzene rings is 1. The molecule has 1 rings (SSSR count). The topological polar surface area (TPSA) is 47.6 Å². The average Bonchev–Trinajstić information content (AvgIpc) is 2.37. The first kappa shape index (κ1) is 15.0. The molecule has 0 aromatic heterocycles. The van der Waals surface area contributed by atoms with E-state index in [1.54, 1.807) is 20.0 Å². The predicted molar refractivity (Wildman–Crippen MR) is 73.3 cm³/mol. The quantitative estimate of drug-likeness (QED) is 0.734. The fourth-order valence-electron chi connectivity index (χ4n) is 1.40. The van der Waals surface area contributed by atoms with Crippen molar-refractivity contribution in [3.05, 3.63) is 47.9 Å². The van der Waals surface area contributed by atoms with Gasteiger partial charge in [-0.2, -0.15) is 0 Å². The van der Waals surface area contributed by atoms with Gasteiger partial charge in [-0.15, -0.1) is 0 Å². The van der Waals surface area contributed by atoms with Crippen LogP contribution in [0, 0.1) is 0 Å². The summed E-state index contributed by atoms with van der Waals surface area (Å²) in [4.78, 5) is 0. The minimum atomic E-state index is -3.08. The third kappa shape index (κ3) is 5.50. The van der Waals surface area contributed by atoms with Crippen LogP contribution in [0.15, 0.2) is 42.3 Å². The summed E-state index contributed by atoms with van der Waals surface area (Å²) in [5.74, 6) is 1.46. The van der Waals surface area contributed by atoms with Crippen LogP contribution in [0.4, 0.5) is 0 Å². The van der Waals surface area contributed by atoms with E-state index in [0.29, 0.717) is 19.8 Å². The zero-order valence-electron chi connectivity index (χ0n) is 10.8. The van der Waals surface area contributed by atoms with Gasteiger partial charge in [0.05, 0.1) is 13.2 Å². The fourth-order valence-corrected chi connectivity index (χ4v) is 2.65. The van der Waals surface area contributed by atoms with Crippen LogP contribution in [0.2, 0.25) is 0 Å². The summed E-state index contributed by atoms with van der Waals surface area (Å²) in [6.07, 6.45) is 1.62. The van der Waals surface area contributed by atoms with E-state index in [0.717, 1.165) is 5.56 Å². The van der Waals surface area contributed by atoms with E-state index in [1.165, 1.54) is 5.82 Å². The smallest absolute Gasteiger partial charge is 0.355 e. The molecule has 0 saturated carbocycles. The molecule has 0 atom stereocenters. The minimum absolute atomic E-state index is 0.361. The SMILES string of the molecule is CCOP(=O)(/C=C/NCc1ccccc1)OCC. The van der Waals surface area contributed by atoms with Gasteiger partial charge in [0.1, 0.15) is 0 Å². The van der Waals surface area contributed by atoms with Crippen LogP contribution >= 0.6 is 7.60 Å². The highest BCUT2D eigenvalue weighted by molar-refractivity contribution is 7.57. The van der Waals surface area contributed by atoms with Gasteiger partial charge in [0.25, 0.3) is 0 Å². The maximum absolute atomic E-state index is 12.1. The van der Waals surface area contributed by atoms with E-state index in [2.05, 4.69) is 5.32 Å². The molecule has 0 spiro atoms. The maximum Gasteiger partial charge on any atom is 0.355 e. The Morgan fingerprint density at radius 2 is 1.78 bits per heavy atom. The molecular formula is C13H20NO3P. The van der Waals surface area contributed by atoms with Crippen LogP contribution in [-0.2, 0) is 20.2 Å². The summed E-state index contributed by atoms with van der Waals surface area (Å²) >= 11 is 0. The van der Waals surface area contributed by atoms with Crippen molar-refractivity contribution in [1.29, 1.82) is 0 Å². The number of hydrogen-bond acceptors (Lipinski definition) is 4. The molecule has 5 heteroatoms. The van der Waals surface area contributed by atoms with E-state index in [9.17, 15) is 4.57 Å². The summed E-state index contributed by atoms with van der Waals surface area (Å²) in [6, 6.07) is 9.97. The first-order chi connectivity index (χ1) is 8.70. The van der Waals surface area contributed by atoms with Crippen molar-refractivity contribution in [2.75, 3.05) is 13.2 Å². The molecule has 0 bridgehead atoms. The highest BCUT2D eigenvalue weighted by Crippen LogP contribution is 2.49. The second-order valence-electron chi connectivity index (χ2n) is 3.56. The van der Waals surface area contributed by atoms with Crippen molar-refractivity contribution in [3.63, 3.8) is 0 Å². The minimum Gasteiger partial charge on any atom is -0.387 e. The summed E-state index contributed by atoms with van der Waals surface area (Å²) < 4.78 is 22.3. The largest absolute Gasteiger partial charge is 0.387 e. The Balaban J connectivity index is 2.45. The Morgan fingerprint density at radius 1 is 1.17 bits per heavy atom. The van der Waals surface area contributed by atoms with E-state index in [-0.39, 0.29) is 0 Å². The van der Waals surface area contributed by atoms with Crippen molar-refractivity contribution >= 4 is 7.60 Å². The third-order valence-electron chi connectivity index (χ3n) is 2.14. The molecule has 1 N–H and O–H groups in total. The predicted octanol–water partition coefficient (Wildman–Crippen LogP) is 3.51. The van der Waals surface area contributed by atoms with E-state index in [4.69, 9.17) is 9.05 Å². The molecule has 0 aliphatic carbocycles. The Morgan fingerprint density at radius 3 is 2.33 bits per heavy atom. The van der Waals surface area contributed by atoms with Crippen molar-refractivity contribution in [2.24, 2.45) is 0 Å². The Hall–Kier alpha value is -1.09. The van der Waals surface area contributed by atoms with Gasteiger partial charge >= 0.3 is 7.60 Å². The monoisotopic (exact) mass is 269 g/mol. The zero-order chi connectivity index (χ0) is 13.3. The molecule has 1 aromatic rings. The molecule has 0 unspecified atom stereocenters. The maximum atomic E-state index is 12.1. The van der Waals surface area contributed by atoms with Crippen LogP contribution in [0.25, 0.3) is 0 Å². The molecule has 0 amide bonds. The number of rotatable bonds is 8. The van der Waals surface area contributed by atoms with Crippen LogP contribution < -0.4 is 5.32 Å². The van der Waals surface area contributed by atoms with E-state index < -0.39 is 7.60 Å². The first-order valence-electron chi connectivity index (χ1n) is 6.04. The molecule has 0 fully saturated rings. The summed E-state index contributed by atoms with van der Waals surface area (Å²) in [7, 11) is -3.08. The molecule has 0 saturated heterocycles. The average molecular weight is 269 g/mol. The van der Waals surface area contributed by atoms with Crippen molar-refractivity contribution in [1.82, 2.24) is 5.32 Å². The van der Waals surface area contributed by atoms with Crippen LogP contribution in [0.5, 0.6) is 0 Å². The number of hydrogen-bond donors (Lipinski definition) is 1. The van der Waals surface area contributed by atoms with Gasteiger partial charge < -0.3 is 14.4 Å². The van der Waals surface area contributed by atoms with Crippen LogP contribution in [0.1, 0.15) is 19.4 Å². The van der Waals surface area contributed by atoms with Crippen molar-refractivity contribution in [3.8, 4) is 0 Å². The second-order valence-corrected chi connectivity index (χ2v) is 5.45. The van der Waals surface area contributed by atoms with Gasteiger partial charge in [0.2, 0.25) is 0 Å². The van der Waals surface area contributed by atoms with Crippen molar-refractivity contribution < 1.29 is 13.6 Å². The summed E-state index contributed by atoms with van der Waals surface area (Å²) in [6.45, 7) is 4.98. The Kier molecular flexibility index (Phi) is 6.73. The van der Waals surface area contributed by atoms with Gasteiger partial charge in [0, 0.05) is 18.6 Å². The summed E-state index contributed by atoms with van der Waals surface area (Å²) in [5.41, 5.74) is 1.16. The fraction of sp³-hybridized carbons (Fsp3) is 0.385. The highest BCUT2D eigenvalue weighted by Gasteiger charge is 2.18. The molecule has 0 aliphatic heterocycles. The molecule has 18 heavy (non-hydrogen) atoms. The van der Waals surface area contributed by atoms with E-state index >= 15 is 0 Å². The molecule has 0 radical (unpaired) electrons. The molecule has 0 heterocycles. The first-order valence-corrected chi connectivity index (χ1v) is 7.65. The lowest BCUT2D eigenvalue weighted by atomic mass is 10.2. The van der Waals surface area contributed by atoms with E-state index in [1.807, 2.05) is 30.3 Å². The van der Waals surface area contributed by atoms with Gasteiger partial charge in [0.15, 0.2) is 0 Å². The standard InChI is InChI=1S/C13H20NO3P/c1-3-16-18(15,17-4-2)11-10-14-12-13-8-6-5-7-9-13/h5-11,14H,3-4,12H2,1-2H3/b11-10+. The van der Waals surface area contributed by atoms with Gasteiger partial charge in [-0.3, -0.25) is 4.57 Å².